The summed E-state index contributed by atoms with van der Waals surface area (Å²) in [5.74, 6) is -0.349. The van der Waals surface area contributed by atoms with Gasteiger partial charge in [-0.15, -0.1) is 0 Å². The highest BCUT2D eigenvalue weighted by atomic mass is 35.5. The highest BCUT2D eigenvalue weighted by Crippen LogP contribution is 2.42. The van der Waals surface area contributed by atoms with Gasteiger partial charge in [0.25, 0.3) is 0 Å². The summed E-state index contributed by atoms with van der Waals surface area (Å²) in [4.78, 5) is 19.4. The molecule has 1 aliphatic heterocycles. The summed E-state index contributed by atoms with van der Waals surface area (Å²) >= 11 is 12.9. The molecule has 1 fully saturated rings. The molecule has 2 aliphatic rings. The van der Waals surface area contributed by atoms with E-state index in [9.17, 15) is 9.18 Å². The first-order valence-corrected chi connectivity index (χ1v) is 13.6. The Morgan fingerprint density at radius 3 is 2.61 bits per heavy atom. The Morgan fingerprint density at radius 1 is 1.08 bits per heavy atom. The lowest BCUT2D eigenvalue weighted by Gasteiger charge is -2.33. The van der Waals surface area contributed by atoms with Gasteiger partial charge in [0, 0.05) is 41.4 Å². The van der Waals surface area contributed by atoms with Crippen LogP contribution in [-0.2, 0) is 11.2 Å². The van der Waals surface area contributed by atoms with Crippen LogP contribution in [0.3, 0.4) is 0 Å². The van der Waals surface area contributed by atoms with Gasteiger partial charge in [-0.3, -0.25) is 14.3 Å². The first-order chi connectivity index (χ1) is 18.5. The zero-order chi connectivity index (χ0) is 26.6. The van der Waals surface area contributed by atoms with E-state index in [1.807, 2.05) is 30.5 Å². The molecule has 2 aromatic carbocycles. The zero-order valence-electron chi connectivity index (χ0n) is 21.3. The molecule has 0 spiro atoms. The van der Waals surface area contributed by atoms with Gasteiger partial charge < -0.3 is 4.74 Å². The fourth-order valence-corrected chi connectivity index (χ4v) is 5.79. The van der Waals surface area contributed by atoms with E-state index in [-0.39, 0.29) is 12.6 Å². The predicted molar refractivity (Wildman–Crippen MR) is 152 cm³/mol. The number of pyridine rings is 1. The van der Waals surface area contributed by atoms with Crippen LogP contribution in [0.4, 0.5) is 4.39 Å². The molecule has 196 valence electrons. The van der Waals surface area contributed by atoms with Crippen LogP contribution in [0.25, 0.3) is 17.2 Å². The Bertz CT molecular complexity index is 1410. The number of nitrogens with zero attached hydrogens (tertiary/aromatic N) is 2. The van der Waals surface area contributed by atoms with Crippen LogP contribution in [0.2, 0.25) is 10.0 Å². The van der Waals surface area contributed by atoms with Crippen molar-refractivity contribution in [1.82, 2.24) is 9.88 Å². The van der Waals surface area contributed by atoms with Crippen molar-refractivity contribution in [2.24, 2.45) is 0 Å². The number of benzene rings is 2. The number of likely N-dealkylation sites (tertiary alicyclic amines) is 1. The molecule has 5 rings (SSSR count). The number of rotatable bonds is 7. The minimum Gasteiger partial charge on any atom is -0.465 e. The molecule has 2 heterocycles. The van der Waals surface area contributed by atoms with Crippen molar-refractivity contribution in [3.05, 3.63) is 104 Å². The zero-order valence-corrected chi connectivity index (χ0v) is 22.8. The average Bonchev–Trinajstić information content (AvgIpc) is 3.09. The van der Waals surface area contributed by atoms with Crippen molar-refractivity contribution in [3.63, 3.8) is 0 Å². The van der Waals surface area contributed by atoms with Gasteiger partial charge >= 0.3 is 5.97 Å². The van der Waals surface area contributed by atoms with E-state index in [2.05, 4.69) is 23.1 Å². The molecule has 1 aliphatic carbocycles. The second-order valence-electron chi connectivity index (χ2n) is 9.73. The maximum atomic E-state index is 12.4. The number of fused-ring (bicyclic) bond motifs is 1. The third-order valence-corrected chi connectivity index (χ3v) is 7.65. The van der Waals surface area contributed by atoms with Crippen LogP contribution in [0.15, 0.2) is 60.3 Å². The largest absolute Gasteiger partial charge is 0.465 e. The fraction of sp³-hybridized carbons (Fsp3) is 0.290. The standard InChI is InChI=1S/C31H29Cl2FN2O2/c1-38-31(37)23-7-9-25-22(15-23)4-2-5-27(26-10-8-24(32)16-28(26)33)30(25)29-11-6-20(17-35-29)14-21-18-36(19-21)13-3-12-34/h6-11,14-17H,2-5,12-13,18-19H2,1H3. The van der Waals surface area contributed by atoms with Crippen molar-refractivity contribution in [2.45, 2.75) is 25.7 Å². The lowest BCUT2D eigenvalue weighted by atomic mass is 9.89. The van der Waals surface area contributed by atoms with Crippen LogP contribution in [0.5, 0.6) is 0 Å². The summed E-state index contributed by atoms with van der Waals surface area (Å²) < 4.78 is 17.4. The van der Waals surface area contributed by atoms with E-state index >= 15 is 0 Å². The molecule has 1 aromatic heterocycles. The molecule has 0 saturated carbocycles. The number of methoxy groups -OCH3 is 1. The minimum absolute atomic E-state index is 0.271. The molecular formula is C31H29Cl2FN2O2. The topological polar surface area (TPSA) is 42.4 Å². The lowest BCUT2D eigenvalue weighted by molar-refractivity contribution is 0.0600. The first-order valence-electron chi connectivity index (χ1n) is 12.8. The molecule has 3 aromatic rings. The number of aryl methyl sites for hydroxylation is 1. The Labute approximate surface area is 232 Å². The first kappa shape index (κ1) is 26.6. The fourth-order valence-electron chi connectivity index (χ4n) is 5.26. The Morgan fingerprint density at radius 2 is 1.89 bits per heavy atom. The summed E-state index contributed by atoms with van der Waals surface area (Å²) in [6, 6.07) is 15.5. The van der Waals surface area contributed by atoms with E-state index in [0.717, 1.165) is 78.0 Å². The Kier molecular flexibility index (Phi) is 8.27. The van der Waals surface area contributed by atoms with E-state index < -0.39 is 0 Å². The van der Waals surface area contributed by atoms with Crippen molar-refractivity contribution < 1.29 is 13.9 Å². The number of allylic oxidation sites excluding steroid dienone is 1. The number of ether oxygens (including phenoxy) is 1. The second kappa shape index (κ2) is 11.8. The van der Waals surface area contributed by atoms with Crippen LogP contribution in [0.1, 0.15) is 57.6 Å². The summed E-state index contributed by atoms with van der Waals surface area (Å²) in [6.45, 7) is 2.28. The molecule has 0 atom stereocenters. The molecular weight excluding hydrogens is 522 g/mol. The molecule has 0 radical (unpaired) electrons. The third-order valence-electron chi connectivity index (χ3n) is 7.10. The number of carbonyl (C=O) groups is 1. The molecule has 0 bridgehead atoms. The van der Waals surface area contributed by atoms with Crippen molar-refractivity contribution in [1.29, 1.82) is 0 Å². The van der Waals surface area contributed by atoms with E-state index in [4.69, 9.17) is 32.9 Å². The molecule has 0 amide bonds. The van der Waals surface area contributed by atoms with Gasteiger partial charge in [0.15, 0.2) is 0 Å². The van der Waals surface area contributed by atoms with Gasteiger partial charge in [0.2, 0.25) is 0 Å². The van der Waals surface area contributed by atoms with Crippen LogP contribution in [0, 0.1) is 0 Å². The number of alkyl halides is 1. The molecule has 0 unspecified atom stereocenters. The van der Waals surface area contributed by atoms with Gasteiger partial charge in [0.05, 0.1) is 25.0 Å². The monoisotopic (exact) mass is 550 g/mol. The number of esters is 1. The normalized spacial score (nSPS) is 15.5. The quantitative estimate of drug-likeness (QED) is 0.285. The average molecular weight is 551 g/mol. The highest BCUT2D eigenvalue weighted by molar-refractivity contribution is 6.36. The summed E-state index contributed by atoms with van der Waals surface area (Å²) in [7, 11) is 1.39. The maximum absolute atomic E-state index is 12.4. The van der Waals surface area contributed by atoms with Crippen molar-refractivity contribution >= 4 is 46.4 Å². The smallest absolute Gasteiger partial charge is 0.337 e. The number of carbonyl (C=O) groups excluding carboxylic acids is 1. The Balaban J connectivity index is 1.55. The number of aromatic nitrogens is 1. The van der Waals surface area contributed by atoms with E-state index in [1.54, 1.807) is 12.1 Å². The minimum atomic E-state index is -0.349. The molecule has 38 heavy (non-hydrogen) atoms. The summed E-state index contributed by atoms with van der Waals surface area (Å²) in [5, 5.41) is 1.19. The highest BCUT2D eigenvalue weighted by Gasteiger charge is 2.24. The number of halogens is 3. The Hall–Kier alpha value is -2.99. The van der Waals surface area contributed by atoms with Crippen LogP contribution in [-0.4, -0.2) is 49.3 Å². The number of hydrogen-bond donors (Lipinski definition) is 0. The molecule has 1 saturated heterocycles. The van der Waals surface area contributed by atoms with Gasteiger partial charge in [-0.2, -0.15) is 0 Å². The third kappa shape index (κ3) is 5.70. The van der Waals surface area contributed by atoms with Crippen LogP contribution < -0.4 is 0 Å². The van der Waals surface area contributed by atoms with E-state index in [0.29, 0.717) is 22.0 Å². The molecule has 0 N–H and O–H groups in total. The summed E-state index contributed by atoms with van der Waals surface area (Å²) in [6.07, 6.45) is 7.17. The molecule has 7 heteroatoms. The maximum Gasteiger partial charge on any atom is 0.337 e. The van der Waals surface area contributed by atoms with Crippen molar-refractivity contribution in [2.75, 3.05) is 33.4 Å². The van der Waals surface area contributed by atoms with Crippen LogP contribution >= 0.6 is 23.2 Å². The van der Waals surface area contributed by atoms with E-state index in [1.165, 1.54) is 12.7 Å². The summed E-state index contributed by atoms with van der Waals surface area (Å²) in [5.41, 5.74) is 8.92. The lowest BCUT2D eigenvalue weighted by Crippen LogP contribution is -2.40. The van der Waals surface area contributed by atoms with Gasteiger partial charge in [0.1, 0.15) is 0 Å². The SMILES string of the molecule is COC(=O)c1ccc2c(c1)CCCC(c1ccc(Cl)cc1Cl)=C2c1ccc(C=C2CN(CCCF)C2)cn1. The van der Waals surface area contributed by atoms with Crippen molar-refractivity contribution in [3.8, 4) is 0 Å². The van der Waals surface area contributed by atoms with Gasteiger partial charge in [-0.05, 0) is 89.4 Å². The predicted octanol–water partition coefficient (Wildman–Crippen LogP) is 7.53. The second-order valence-corrected chi connectivity index (χ2v) is 10.6. The van der Waals surface area contributed by atoms with Gasteiger partial charge in [-0.25, -0.2) is 4.79 Å². The van der Waals surface area contributed by atoms with Gasteiger partial charge in [-0.1, -0.05) is 47.5 Å². The number of hydrogen-bond acceptors (Lipinski definition) is 4. The molecule has 4 nitrogen and oxygen atoms in total.